The Bertz CT molecular complexity index is 319. The monoisotopic (exact) mass is 236 g/mol. The molecule has 0 saturated heterocycles. The summed E-state index contributed by atoms with van der Waals surface area (Å²) in [6, 6.07) is 0.914. The molecule has 0 radical (unpaired) electrons. The van der Waals surface area contributed by atoms with Gasteiger partial charge in [-0.05, 0) is 20.8 Å². The lowest BCUT2D eigenvalue weighted by Crippen LogP contribution is -2.32. The summed E-state index contributed by atoms with van der Waals surface area (Å²) in [6.45, 7) is 12.5. The zero-order chi connectivity index (χ0) is 12.8. The standard InChI is InChI=1S/C13H24N4/c1-6-17(11(4)5)13-15-8-12(9-16-13)7-14-10(2)3/h8-11,14H,6-7H2,1-5H3. The van der Waals surface area contributed by atoms with Crippen LogP contribution in [0.25, 0.3) is 0 Å². The molecule has 1 aromatic heterocycles. The predicted molar refractivity (Wildman–Crippen MR) is 72.2 cm³/mol. The van der Waals surface area contributed by atoms with Crippen LogP contribution in [0.4, 0.5) is 5.95 Å². The molecule has 1 rings (SSSR count). The second-order valence-corrected chi connectivity index (χ2v) is 4.81. The Morgan fingerprint density at radius 2 is 1.76 bits per heavy atom. The molecule has 0 saturated carbocycles. The summed E-state index contributed by atoms with van der Waals surface area (Å²) in [7, 11) is 0. The van der Waals surface area contributed by atoms with Crippen molar-refractivity contribution in [2.75, 3.05) is 11.4 Å². The summed E-state index contributed by atoms with van der Waals surface area (Å²) in [5, 5.41) is 3.35. The van der Waals surface area contributed by atoms with Crippen molar-refractivity contribution in [1.29, 1.82) is 0 Å². The maximum Gasteiger partial charge on any atom is 0.225 e. The molecule has 0 amide bonds. The molecule has 0 aliphatic rings. The van der Waals surface area contributed by atoms with Gasteiger partial charge in [0.25, 0.3) is 0 Å². The van der Waals surface area contributed by atoms with Gasteiger partial charge >= 0.3 is 0 Å². The Morgan fingerprint density at radius 1 is 1.18 bits per heavy atom. The highest BCUT2D eigenvalue weighted by Crippen LogP contribution is 2.10. The van der Waals surface area contributed by atoms with E-state index in [-0.39, 0.29) is 0 Å². The van der Waals surface area contributed by atoms with E-state index in [0.717, 1.165) is 24.6 Å². The molecule has 1 heterocycles. The predicted octanol–water partition coefficient (Wildman–Crippen LogP) is 2.21. The zero-order valence-electron chi connectivity index (χ0n) is 11.6. The molecular formula is C13H24N4. The number of hydrogen-bond acceptors (Lipinski definition) is 4. The van der Waals surface area contributed by atoms with Crippen molar-refractivity contribution in [3.63, 3.8) is 0 Å². The van der Waals surface area contributed by atoms with Gasteiger partial charge in [-0.15, -0.1) is 0 Å². The molecule has 0 aliphatic heterocycles. The summed E-state index contributed by atoms with van der Waals surface area (Å²) in [5.41, 5.74) is 1.13. The van der Waals surface area contributed by atoms with Crippen molar-refractivity contribution >= 4 is 5.95 Å². The van der Waals surface area contributed by atoms with Crippen molar-refractivity contribution in [3.05, 3.63) is 18.0 Å². The molecule has 0 spiro atoms. The molecule has 4 nitrogen and oxygen atoms in total. The SMILES string of the molecule is CCN(c1ncc(CNC(C)C)cn1)C(C)C. The van der Waals surface area contributed by atoms with Crippen LogP contribution in [0, 0.1) is 0 Å². The van der Waals surface area contributed by atoms with Crippen molar-refractivity contribution in [1.82, 2.24) is 15.3 Å². The molecule has 17 heavy (non-hydrogen) atoms. The van der Waals surface area contributed by atoms with E-state index < -0.39 is 0 Å². The number of aromatic nitrogens is 2. The van der Waals surface area contributed by atoms with Crippen molar-refractivity contribution in [2.24, 2.45) is 0 Å². The minimum atomic E-state index is 0.430. The summed E-state index contributed by atoms with van der Waals surface area (Å²) in [6.07, 6.45) is 3.81. The Morgan fingerprint density at radius 3 is 2.18 bits per heavy atom. The lowest BCUT2D eigenvalue weighted by atomic mass is 10.3. The summed E-state index contributed by atoms with van der Waals surface area (Å²) in [4.78, 5) is 11.0. The number of nitrogens with one attached hydrogen (secondary N) is 1. The van der Waals surface area contributed by atoms with E-state index in [0.29, 0.717) is 12.1 Å². The fourth-order valence-electron chi connectivity index (χ4n) is 1.65. The van der Waals surface area contributed by atoms with Crippen LogP contribution in [0.1, 0.15) is 40.2 Å². The summed E-state index contributed by atoms with van der Waals surface area (Å²) >= 11 is 0. The average molecular weight is 236 g/mol. The van der Waals surface area contributed by atoms with Gasteiger partial charge in [-0.25, -0.2) is 9.97 Å². The maximum atomic E-state index is 4.42. The first-order valence-corrected chi connectivity index (χ1v) is 6.35. The molecule has 4 heteroatoms. The quantitative estimate of drug-likeness (QED) is 0.822. The van der Waals surface area contributed by atoms with Crippen LogP contribution < -0.4 is 10.2 Å². The normalized spacial score (nSPS) is 11.2. The molecule has 0 fully saturated rings. The number of rotatable bonds is 6. The molecule has 0 bridgehead atoms. The van der Waals surface area contributed by atoms with Crippen molar-refractivity contribution < 1.29 is 0 Å². The highest BCUT2D eigenvalue weighted by Gasteiger charge is 2.10. The maximum absolute atomic E-state index is 4.42. The lowest BCUT2D eigenvalue weighted by Gasteiger charge is -2.24. The number of nitrogens with zero attached hydrogens (tertiary/aromatic N) is 3. The van der Waals surface area contributed by atoms with Gasteiger partial charge in [-0.2, -0.15) is 0 Å². The minimum Gasteiger partial charge on any atom is -0.339 e. The Balaban J connectivity index is 2.66. The lowest BCUT2D eigenvalue weighted by molar-refractivity contribution is 0.586. The van der Waals surface area contributed by atoms with Crippen LogP contribution in [0.5, 0.6) is 0 Å². The van der Waals surface area contributed by atoms with E-state index in [1.165, 1.54) is 0 Å². The highest BCUT2D eigenvalue weighted by molar-refractivity contribution is 5.30. The highest BCUT2D eigenvalue weighted by atomic mass is 15.3. The molecule has 0 atom stereocenters. The van der Waals surface area contributed by atoms with Crippen LogP contribution in [0.3, 0.4) is 0 Å². The van der Waals surface area contributed by atoms with Crippen molar-refractivity contribution in [2.45, 2.75) is 53.2 Å². The van der Waals surface area contributed by atoms with Gasteiger partial charge < -0.3 is 10.2 Å². The Hall–Kier alpha value is -1.16. The first-order chi connectivity index (χ1) is 8.04. The molecule has 0 unspecified atom stereocenters. The van der Waals surface area contributed by atoms with Gasteiger partial charge in [-0.3, -0.25) is 0 Å². The summed E-state index contributed by atoms with van der Waals surface area (Å²) < 4.78 is 0. The van der Waals surface area contributed by atoms with Crippen LogP contribution >= 0.6 is 0 Å². The smallest absolute Gasteiger partial charge is 0.225 e. The van der Waals surface area contributed by atoms with Crippen LogP contribution in [0.15, 0.2) is 12.4 Å². The first kappa shape index (κ1) is 13.9. The topological polar surface area (TPSA) is 41.1 Å². The molecule has 0 aliphatic carbocycles. The van der Waals surface area contributed by atoms with Gasteiger partial charge in [0, 0.05) is 43.1 Å². The second kappa shape index (κ2) is 6.55. The van der Waals surface area contributed by atoms with Crippen LogP contribution in [-0.4, -0.2) is 28.6 Å². The average Bonchev–Trinajstić information content (AvgIpc) is 2.28. The van der Waals surface area contributed by atoms with E-state index in [1.807, 2.05) is 12.4 Å². The minimum absolute atomic E-state index is 0.430. The van der Waals surface area contributed by atoms with E-state index in [1.54, 1.807) is 0 Å². The molecule has 96 valence electrons. The van der Waals surface area contributed by atoms with E-state index >= 15 is 0 Å². The number of anilines is 1. The third-order valence-electron chi connectivity index (χ3n) is 2.63. The zero-order valence-corrected chi connectivity index (χ0v) is 11.6. The fourth-order valence-corrected chi connectivity index (χ4v) is 1.65. The third kappa shape index (κ3) is 4.30. The van der Waals surface area contributed by atoms with Gasteiger partial charge in [0.2, 0.25) is 5.95 Å². The Labute approximate surface area is 104 Å². The number of hydrogen-bond donors (Lipinski definition) is 1. The van der Waals surface area contributed by atoms with Gasteiger partial charge in [-0.1, -0.05) is 13.8 Å². The van der Waals surface area contributed by atoms with Crippen LogP contribution in [0.2, 0.25) is 0 Å². The van der Waals surface area contributed by atoms with Gasteiger partial charge in [0.15, 0.2) is 0 Å². The summed E-state index contributed by atoms with van der Waals surface area (Å²) in [5.74, 6) is 0.816. The fraction of sp³-hybridized carbons (Fsp3) is 0.692. The molecular weight excluding hydrogens is 212 g/mol. The van der Waals surface area contributed by atoms with E-state index in [9.17, 15) is 0 Å². The van der Waals surface area contributed by atoms with Crippen LogP contribution in [-0.2, 0) is 6.54 Å². The largest absolute Gasteiger partial charge is 0.339 e. The molecule has 1 N–H and O–H groups in total. The third-order valence-corrected chi connectivity index (χ3v) is 2.63. The van der Waals surface area contributed by atoms with E-state index in [4.69, 9.17) is 0 Å². The first-order valence-electron chi connectivity index (χ1n) is 6.35. The molecule has 0 aromatic carbocycles. The molecule has 1 aromatic rings. The Kier molecular flexibility index (Phi) is 5.35. The van der Waals surface area contributed by atoms with Crippen molar-refractivity contribution in [3.8, 4) is 0 Å². The van der Waals surface area contributed by atoms with Gasteiger partial charge in [0.05, 0.1) is 0 Å². The van der Waals surface area contributed by atoms with E-state index in [2.05, 4.69) is 54.8 Å². The second-order valence-electron chi connectivity index (χ2n) is 4.81. The van der Waals surface area contributed by atoms with Gasteiger partial charge in [0.1, 0.15) is 0 Å².